The van der Waals surface area contributed by atoms with Crippen molar-refractivity contribution in [3.8, 4) is 0 Å². The highest BCUT2D eigenvalue weighted by Crippen LogP contribution is 2.27. The smallest absolute Gasteiger partial charge is 0.320 e. The first-order chi connectivity index (χ1) is 11.6. The van der Waals surface area contributed by atoms with E-state index in [1.165, 1.54) is 0 Å². The zero-order valence-corrected chi connectivity index (χ0v) is 14.3. The fourth-order valence-electron chi connectivity index (χ4n) is 2.97. The molecule has 0 saturated carbocycles. The molecule has 3 rings (SSSR count). The summed E-state index contributed by atoms with van der Waals surface area (Å²) in [6, 6.07) is 1.75. The molecular formula is C16H24N6O2. The summed E-state index contributed by atoms with van der Waals surface area (Å²) < 4.78 is 9.46. The minimum absolute atomic E-state index is 0.0417. The minimum Gasteiger partial charge on any atom is -0.372 e. The molecular weight excluding hydrogens is 308 g/mol. The number of imidazole rings is 1. The predicted molar refractivity (Wildman–Crippen MR) is 89.7 cm³/mol. The highest BCUT2D eigenvalue weighted by Gasteiger charge is 2.27. The predicted octanol–water partition coefficient (Wildman–Crippen LogP) is 1.76. The van der Waals surface area contributed by atoms with Crippen LogP contribution in [0.2, 0.25) is 0 Å². The van der Waals surface area contributed by atoms with Crippen LogP contribution in [0.3, 0.4) is 0 Å². The van der Waals surface area contributed by atoms with Crippen molar-refractivity contribution in [3.63, 3.8) is 0 Å². The van der Waals surface area contributed by atoms with Gasteiger partial charge < -0.3 is 14.6 Å². The molecule has 8 heteroatoms. The molecule has 1 fully saturated rings. The zero-order chi connectivity index (χ0) is 17.1. The highest BCUT2D eigenvalue weighted by atomic mass is 16.5. The molecule has 2 N–H and O–H groups in total. The van der Waals surface area contributed by atoms with E-state index in [1.807, 2.05) is 37.8 Å². The molecule has 3 heterocycles. The molecule has 130 valence electrons. The van der Waals surface area contributed by atoms with E-state index in [-0.39, 0.29) is 18.2 Å². The average Bonchev–Trinajstić information content (AvgIpc) is 3.13. The number of urea groups is 1. The summed E-state index contributed by atoms with van der Waals surface area (Å²) >= 11 is 0. The Balaban J connectivity index is 1.58. The molecule has 2 atom stereocenters. The maximum atomic E-state index is 12.3. The Morgan fingerprint density at radius 2 is 2.29 bits per heavy atom. The van der Waals surface area contributed by atoms with Gasteiger partial charge in [0, 0.05) is 32.8 Å². The van der Waals surface area contributed by atoms with Crippen molar-refractivity contribution in [1.29, 1.82) is 0 Å². The van der Waals surface area contributed by atoms with Crippen LogP contribution in [0.15, 0.2) is 18.6 Å². The molecule has 1 saturated heterocycles. The Bertz CT molecular complexity index is 707. The number of aryl methyl sites for hydroxylation is 3. The van der Waals surface area contributed by atoms with Crippen LogP contribution in [0.1, 0.15) is 37.3 Å². The summed E-state index contributed by atoms with van der Waals surface area (Å²) in [5.74, 6) is 0.694. The van der Waals surface area contributed by atoms with Gasteiger partial charge in [0.2, 0.25) is 0 Å². The van der Waals surface area contributed by atoms with E-state index in [2.05, 4.69) is 20.7 Å². The summed E-state index contributed by atoms with van der Waals surface area (Å²) in [5.41, 5.74) is 1.98. The van der Waals surface area contributed by atoms with Gasteiger partial charge in [-0.2, -0.15) is 5.10 Å². The van der Waals surface area contributed by atoms with Gasteiger partial charge in [0.1, 0.15) is 11.9 Å². The number of amides is 2. The van der Waals surface area contributed by atoms with Gasteiger partial charge in [-0.3, -0.25) is 10.00 Å². The third-order valence-corrected chi connectivity index (χ3v) is 4.34. The lowest BCUT2D eigenvalue weighted by atomic mass is 10.0. The lowest BCUT2D eigenvalue weighted by molar-refractivity contribution is -0.00151. The van der Waals surface area contributed by atoms with Gasteiger partial charge in [-0.1, -0.05) is 6.92 Å². The number of anilines is 1. The number of carbonyl (C=O) groups excluding carboxylic acids is 1. The van der Waals surface area contributed by atoms with Gasteiger partial charge in [0.15, 0.2) is 0 Å². The minimum atomic E-state index is -0.212. The Labute approximate surface area is 141 Å². The number of nitrogens with zero attached hydrogens (tertiary/aromatic N) is 4. The van der Waals surface area contributed by atoms with Crippen LogP contribution in [-0.2, 0) is 25.3 Å². The first-order valence-corrected chi connectivity index (χ1v) is 8.25. The summed E-state index contributed by atoms with van der Waals surface area (Å²) in [5, 5.41) is 10.2. The van der Waals surface area contributed by atoms with Crippen LogP contribution >= 0.6 is 0 Å². The van der Waals surface area contributed by atoms with E-state index in [1.54, 1.807) is 11.0 Å². The molecule has 1 aliphatic heterocycles. The zero-order valence-electron chi connectivity index (χ0n) is 14.3. The van der Waals surface area contributed by atoms with Gasteiger partial charge in [-0.15, -0.1) is 0 Å². The molecule has 0 bridgehead atoms. The molecule has 8 nitrogen and oxygen atoms in total. The summed E-state index contributed by atoms with van der Waals surface area (Å²) in [6.07, 6.45) is 5.90. The third kappa shape index (κ3) is 3.59. The van der Waals surface area contributed by atoms with E-state index in [4.69, 9.17) is 4.74 Å². The van der Waals surface area contributed by atoms with E-state index < -0.39 is 0 Å². The second-order valence-electron chi connectivity index (χ2n) is 6.11. The molecule has 2 amide bonds. The van der Waals surface area contributed by atoms with E-state index >= 15 is 0 Å². The summed E-state index contributed by atoms with van der Waals surface area (Å²) in [4.78, 5) is 16.4. The Morgan fingerprint density at radius 1 is 1.46 bits per heavy atom. The van der Waals surface area contributed by atoms with Crippen molar-refractivity contribution in [3.05, 3.63) is 30.0 Å². The Morgan fingerprint density at radius 3 is 2.96 bits per heavy atom. The largest absolute Gasteiger partial charge is 0.372 e. The number of ether oxygens (including phenoxy) is 1. The number of nitrogens with one attached hydrogen (secondary N) is 2. The average molecular weight is 332 g/mol. The second-order valence-corrected chi connectivity index (χ2v) is 6.11. The topological polar surface area (TPSA) is 86.0 Å². The number of rotatable bonds is 4. The molecule has 2 aromatic rings. The molecule has 0 radical (unpaired) electrons. The normalized spacial score (nSPS) is 20.8. The standard InChI is InChI=1S/C16H24N6O2/c1-4-11-8-15(22(3)20-11)19-16(23)18-12-5-6-24-14(7-12)13-9-17-10-21(13)2/h8-10,12,14H,4-7H2,1-3H3,(H2,18,19,23). The lowest BCUT2D eigenvalue weighted by Crippen LogP contribution is -2.42. The quantitative estimate of drug-likeness (QED) is 0.893. The van der Waals surface area contributed by atoms with Gasteiger partial charge in [0.05, 0.1) is 23.9 Å². The highest BCUT2D eigenvalue weighted by molar-refractivity contribution is 5.88. The summed E-state index contributed by atoms with van der Waals surface area (Å²) in [7, 11) is 3.77. The number of aromatic nitrogens is 4. The molecule has 1 aliphatic rings. The van der Waals surface area contributed by atoms with Crippen LogP contribution in [0.25, 0.3) is 0 Å². The van der Waals surface area contributed by atoms with Crippen molar-refractivity contribution in [2.75, 3.05) is 11.9 Å². The molecule has 0 aliphatic carbocycles. The fourth-order valence-corrected chi connectivity index (χ4v) is 2.97. The molecule has 2 aromatic heterocycles. The Kier molecular flexibility index (Phi) is 4.84. The van der Waals surface area contributed by atoms with E-state index in [0.717, 1.165) is 30.7 Å². The SMILES string of the molecule is CCc1cc(NC(=O)NC2CCOC(c3cncn3C)C2)n(C)n1. The second kappa shape index (κ2) is 7.04. The number of carbonyl (C=O) groups is 1. The monoisotopic (exact) mass is 332 g/mol. The van der Waals surface area contributed by atoms with Crippen molar-refractivity contribution in [2.24, 2.45) is 14.1 Å². The van der Waals surface area contributed by atoms with E-state index in [0.29, 0.717) is 12.4 Å². The van der Waals surface area contributed by atoms with Crippen molar-refractivity contribution in [2.45, 2.75) is 38.3 Å². The summed E-state index contributed by atoms with van der Waals surface area (Å²) in [6.45, 7) is 2.65. The molecule has 0 spiro atoms. The fraction of sp³-hybridized carbons (Fsp3) is 0.562. The lowest BCUT2D eigenvalue weighted by Gasteiger charge is -2.30. The van der Waals surface area contributed by atoms with Crippen LogP contribution < -0.4 is 10.6 Å². The van der Waals surface area contributed by atoms with Gasteiger partial charge in [-0.05, 0) is 19.3 Å². The number of hydrogen-bond acceptors (Lipinski definition) is 4. The van der Waals surface area contributed by atoms with Crippen molar-refractivity contribution >= 4 is 11.8 Å². The van der Waals surface area contributed by atoms with Gasteiger partial charge in [-0.25, -0.2) is 9.78 Å². The van der Waals surface area contributed by atoms with Gasteiger partial charge in [0.25, 0.3) is 0 Å². The van der Waals surface area contributed by atoms with Crippen LogP contribution in [0.4, 0.5) is 10.6 Å². The maximum Gasteiger partial charge on any atom is 0.320 e. The number of hydrogen-bond donors (Lipinski definition) is 2. The first kappa shape index (κ1) is 16.5. The van der Waals surface area contributed by atoms with Crippen molar-refractivity contribution in [1.82, 2.24) is 24.6 Å². The molecule has 2 unspecified atom stereocenters. The van der Waals surface area contributed by atoms with Crippen LogP contribution in [0, 0.1) is 0 Å². The molecule has 24 heavy (non-hydrogen) atoms. The van der Waals surface area contributed by atoms with Crippen LogP contribution in [-0.4, -0.2) is 38.0 Å². The third-order valence-electron chi connectivity index (χ3n) is 4.34. The first-order valence-electron chi connectivity index (χ1n) is 8.25. The van der Waals surface area contributed by atoms with Crippen molar-refractivity contribution < 1.29 is 9.53 Å². The Hall–Kier alpha value is -2.35. The van der Waals surface area contributed by atoms with Crippen LogP contribution in [0.5, 0.6) is 0 Å². The van der Waals surface area contributed by atoms with Gasteiger partial charge >= 0.3 is 6.03 Å². The van der Waals surface area contributed by atoms with E-state index in [9.17, 15) is 4.79 Å². The maximum absolute atomic E-state index is 12.3. The molecule has 0 aromatic carbocycles.